The third kappa shape index (κ3) is 1.33. The van der Waals surface area contributed by atoms with E-state index in [1.807, 2.05) is 13.1 Å². The second kappa shape index (κ2) is 3.03. The van der Waals surface area contributed by atoms with Gasteiger partial charge in [0.1, 0.15) is 5.65 Å². The zero-order valence-corrected chi connectivity index (χ0v) is 9.67. The minimum Gasteiger partial charge on any atom is -0.338 e. The topological polar surface area (TPSA) is 41.6 Å². The summed E-state index contributed by atoms with van der Waals surface area (Å²) in [6.45, 7) is 1.99. The van der Waals surface area contributed by atoms with Crippen LogP contribution in [0.2, 0.25) is 0 Å². The Morgan fingerprint density at radius 2 is 2.00 bits per heavy atom. The zero-order valence-electron chi connectivity index (χ0n) is 8.08. The number of fused-ring (bicyclic) bond motifs is 3. The summed E-state index contributed by atoms with van der Waals surface area (Å²) >= 11 is 3.43. The van der Waals surface area contributed by atoms with Crippen molar-refractivity contribution >= 4 is 37.9 Å². The Morgan fingerprint density at radius 1 is 1.13 bits per heavy atom. The summed E-state index contributed by atoms with van der Waals surface area (Å²) in [5.41, 5.74) is 2.95. The number of pyridine rings is 2. The van der Waals surface area contributed by atoms with Gasteiger partial charge in [0, 0.05) is 27.1 Å². The van der Waals surface area contributed by atoms with Gasteiger partial charge in [-0.3, -0.25) is 4.98 Å². The van der Waals surface area contributed by atoms with Crippen LogP contribution in [-0.2, 0) is 0 Å². The minimum absolute atomic E-state index is 0.903. The first-order valence-electron chi connectivity index (χ1n) is 4.63. The predicted molar refractivity (Wildman–Crippen MR) is 63.8 cm³/mol. The van der Waals surface area contributed by atoms with Crippen molar-refractivity contribution in [3.8, 4) is 0 Å². The Morgan fingerprint density at radius 3 is 2.87 bits per heavy atom. The van der Waals surface area contributed by atoms with Crippen molar-refractivity contribution in [2.45, 2.75) is 6.92 Å². The van der Waals surface area contributed by atoms with Crippen molar-refractivity contribution in [2.24, 2.45) is 0 Å². The highest BCUT2D eigenvalue weighted by Crippen LogP contribution is 2.26. The lowest BCUT2D eigenvalue weighted by Gasteiger charge is -1.93. The molecule has 1 N–H and O–H groups in total. The average Bonchev–Trinajstić information content (AvgIpc) is 2.56. The molecule has 0 amide bonds. The fourth-order valence-corrected chi connectivity index (χ4v) is 2.09. The van der Waals surface area contributed by atoms with Gasteiger partial charge >= 0.3 is 0 Å². The molecule has 0 unspecified atom stereocenters. The Hall–Kier alpha value is -1.42. The number of rotatable bonds is 0. The second-order valence-corrected chi connectivity index (χ2v) is 4.46. The van der Waals surface area contributed by atoms with Crippen LogP contribution in [0.1, 0.15) is 5.69 Å². The number of hydrogen-bond donors (Lipinski definition) is 1. The summed E-state index contributed by atoms with van der Waals surface area (Å²) < 4.78 is 0.991. The number of nitrogens with zero attached hydrogens (tertiary/aromatic N) is 2. The van der Waals surface area contributed by atoms with E-state index in [0.717, 1.165) is 26.7 Å². The van der Waals surface area contributed by atoms with Crippen LogP contribution in [0.15, 0.2) is 29.0 Å². The van der Waals surface area contributed by atoms with Gasteiger partial charge < -0.3 is 4.98 Å². The van der Waals surface area contributed by atoms with E-state index in [0.29, 0.717) is 0 Å². The molecule has 0 aromatic carbocycles. The van der Waals surface area contributed by atoms with Crippen molar-refractivity contribution in [1.82, 2.24) is 15.0 Å². The van der Waals surface area contributed by atoms with Crippen LogP contribution in [0.4, 0.5) is 0 Å². The zero-order chi connectivity index (χ0) is 10.4. The van der Waals surface area contributed by atoms with Gasteiger partial charge in [-0.2, -0.15) is 0 Å². The highest BCUT2D eigenvalue weighted by Gasteiger charge is 2.05. The van der Waals surface area contributed by atoms with Crippen molar-refractivity contribution in [1.29, 1.82) is 0 Å². The van der Waals surface area contributed by atoms with E-state index in [2.05, 4.69) is 43.0 Å². The Bertz CT molecular complexity index is 601. The maximum Gasteiger partial charge on any atom is 0.138 e. The molecule has 3 aromatic rings. The SMILES string of the molecule is Cc1cc2c(cn1)[nH]c1ncc(Br)cc12. The van der Waals surface area contributed by atoms with Gasteiger partial charge in [0.05, 0.1) is 11.7 Å². The van der Waals surface area contributed by atoms with Crippen molar-refractivity contribution in [3.05, 3.63) is 34.7 Å². The molecular formula is C11H8BrN3. The molecule has 3 heterocycles. The largest absolute Gasteiger partial charge is 0.338 e. The lowest BCUT2D eigenvalue weighted by atomic mass is 10.2. The summed E-state index contributed by atoms with van der Waals surface area (Å²) in [4.78, 5) is 11.8. The maximum atomic E-state index is 4.32. The van der Waals surface area contributed by atoms with E-state index in [4.69, 9.17) is 0 Å². The first kappa shape index (κ1) is 8.85. The molecule has 0 aliphatic carbocycles. The highest BCUT2D eigenvalue weighted by atomic mass is 79.9. The highest BCUT2D eigenvalue weighted by molar-refractivity contribution is 9.10. The number of aromatic amines is 1. The number of nitrogens with one attached hydrogen (secondary N) is 1. The molecule has 0 saturated heterocycles. The standard InChI is InChI=1S/C11H8BrN3/c1-6-2-8-9-3-7(12)4-14-11(9)15-10(8)5-13-6/h2-5H,1H3,(H,14,15). The number of halogens is 1. The molecule has 15 heavy (non-hydrogen) atoms. The second-order valence-electron chi connectivity index (χ2n) is 3.55. The normalized spacial score (nSPS) is 11.3. The summed E-state index contributed by atoms with van der Waals surface area (Å²) in [7, 11) is 0. The van der Waals surface area contributed by atoms with Crippen LogP contribution in [0.3, 0.4) is 0 Å². The van der Waals surface area contributed by atoms with Gasteiger partial charge in [-0.25, -0.2) is 4.98 Å². The van der Waals surface area contributed by atoms with Crippen LogP contribution in [0.25, 0.3) is 21.9 Å². The smallest absolute Gasteiger partial charge is 0.138 e. The first-order chi connectivity index (χ1) is 7.24. The van der Waals surface area contributed by atoms with Crippen LogP contribution in [0, 0.1) is 6.92 Å². The van der Waals surface area contributed by atoms with Crippen LogP contribution in [-0.4, -0.2) is 15.0 Å². The van der Waals surface area contributed by atoms with Gasteiger partial charge in [0.25, 0.3) is 0 Å². The molecule has 4 heteroatoms. The lowest BCUT2D eigenvalue weighted by molar-refractivity contribution is 1.22. The van der Waals surface area contributed by atoms with Gasteiger partial charge in [0.15, 0.2) is 0 Å². The van der Waals surface area contributed by atoms with Gasteiger partial charge in [-0.05, 0) is 35.0 Å². The molecule has 0 saturated carbocycles. The summed E-state index contributed by atoms with van der Waals surface area (Å²) in [6.07, 6.45) is 3.64. The molecule has 0 spiro atoms. The molecule has 0 bridgehead atoms. The fourth-order valence-electron chi connectivity index (χ4n) is 1.75. The Balaban J connectivity index is 2.55. The Kier molecular flexibility index (Phi) is 1.79. The third-order valence-electron chi connectivity index (χ3n) is 2.44. The van der Waals surface area contributed by atoms with E-state index in [9.17, 15) is 0 Å². The van der Waals surface area contributed by atoms with E-state index >= 15 is 0 Å². The van der Waals surface area contributed by atoms with Crippen LogP contribution < -0.4 is 0 Å². The van der Waals surface area contributed by atoms with E-state index in [1.54, 1.807) is 6.20 Å². The summed E-state index contributed by atoms with van der Waals surface area (Å²) in [5, 5.41) is 2.30. The van der Waals surface area contributed by atoms with E-state index in [-0.39, 0.29) is 0 Å². The number of H-pyrrole nitrogens is 1. The van der Waals surface area contributed by atoms with Crippen molar-refractivity contribution in [2.75, 3.05) is 0 Å². The number of aryl methyl sites for hydroxylation is 1. The van der Waals surface area contributed by atoms with Crippen LogP contribution in [0.5, 0.6) is 0 Å². The van der Waals surface area contributed by atoms with Crippen molar-refractivity contribution < 1.29 is 0 Å². The molecule has 0 fully saturated rings. The Labute approximate surface area is 94.7 Å². The summed E-state index contributed by atoms with van der Waals surface area (Å²) in [6, 6.07) is 4.14. The number of hydrogen-bond acceptors (Lipinski definition) is 2. The van der Waals surface area contributed by atoms with Gasteiger partial charge in [0.2, 0.25) is 0 Å². The third-order valence-corrected chi connectivity index (χ3v) is 2.87. The molecule has 3 aromatic heterocycles. The molecule has 0 radical (unpaired) electrons. The van der Waals surface area contributed by atoms with Crippen molar-refractivity contribution in [3.63, 3.8) is 0 Å². The average molecular weight is 262 g/mol. The molecule has 3 rings (SSSR count). The molecule has 3 nitrogen and oxygen atoms in total. The van der Waals surface area contributed by atoms with E-state index < -0.39 is 0 Å². The molecule has 0 atom stereocenters. The van der Waals surface area contributed by atoms with Gasteiger partial charge in [-0.1, -0.05) is 0 Å². The van der Waals surface area contributed by atoms with Gasteiger partial charge in [-0.15, -0.1) is 0 Å². The molecular weight excluding hydrogens is 254 g/mol. The predicted octanol–water partition coefficient (Wildman–Crippen LogP) is 3.18. The molecule has 0 aliphatic heterocycles. The van der Waals surface area contributed by atoms with E-state index in [1.165, 1.54) is 5.39 Å². The molecule has 0 aliphatic rings. The first-order valence-corrected chi connectivity index (χ1v) is 5.43. The summed E-state index contributed by atoms with van der Waals surface area (Å²) in [5.74, 6) is 0. The van der Waals surface area contributed by atoms with Crippen LogP contribution >= 0.6 is 15.9 Å². The minimum atomic E-state index is 0.903. The maximum absolute atomic E-state index is 4.32. The number of aromatic nitrogens is 3. The molecule has 74 valence electrons. The quantitative estimate of drug-likeness (QED) is 0.676. The monoisotopic (exact) mass is 261 g/mol. The fraction of sp³-hybridized carbons (Fsp3) is 0.0909. The lowest BCUT2D eigenvalue weighted by Crippen LogP contribution is -1.78.